The van der Waals surface area contributed by atoms with Gasteiger partial charge in [0, 0.05) is 18.3 Å². The average molecular weight is 268 g/mol. The smallest absolute Gasteiger partial charge is 0.151 e. The van der Waals surface area contributed by atoms with Crippen LogP contribution < -0.4 is 5.73 Å². The van der Waals surface area contributed by atoms with Crippen molar-refractivity contribution < 1.29 is 8.42 Å². The van der Waals surface area contributed by atoms with Gasteiger partial charge in [-0.1, -0.05) is 19.1 Å². The number of sulfone groups is 1. The molecule has 0 aromatic heterocycles. The van der Waals surface area contributed by atoms with Gasteiger partial charge in [0.05, 0.1) is 11.5 Å². The highest BCUT2D eigenvalue weighted by atomic mass is 32.2. The Morgan fingerprint density at radius 2 is 2.00 bits per heavy atom. The molecule has 0 radical (unpaired) electrons. The fraction of sp³-hybridized carbons (Fsp3) is 0.538. The highest BCUT2D eigenvalue weighted by Gasteiger charge is 2.31. The molecule has 1 aromatic rings. The Balaban J connectivity index is 2.04. The molecule has 1 aliphatic heterocycles. The first-order valence-corrected chi connectivity index (χ1v) is 8.11. The summed E-state index contributed by atoms with van der Waals surface area (Å²) in [7, 11) is -2.81. The van der Waals surface area contributed by atoms with E-state index < -0.39 is 9.84 Å². The van der Waals surface area contributed by atoms with Crippen molar-refractivity contribution in [1.29, 1.82) is 0 Å². The molecule has 1 saturated heterocycles. The lowest BCUT2D eigenvalue weighted by molar-refractivity contribution is 0.215. The van der Waals surface area contributed by atoms with Crippen LogP contribution in [0, 0.1) is 0 Å². The predicted octanol–water partition coefficient (Wildman–Crippen LogP) is 1.28. The molecule has 0 aliphatic carbocycles. The molecular weight excluding hydrogens is 248 g/mol. The number of rotatable bonds is 4. The van der Waals surface area contributed by atoms with Crippen molar-refractivity contribution in [3.05, 3.63) is 29.8 Å². The Morgan fingerprint density at radius 1 is 1.33 bits per heavy atom. The number of nitrogens with two attached hydrogens (primary N) is 1. The Labute approximate surface area is 109 Å². The summed E-state index contributed by atoms with van der Waals surface area (Å²) in [4.78, 5) is 2.23. The minimum atomic E-state index is -2.81. The van der Waals surface area contributed by atoms with Crippen LogP contribution in [0.1, 0.15) is 18.9 Å². The van der Waals surface area contributed by atoms with Gasteiger partial charge in [0.2, 0.25) is 0 Å². The van der Waals surface area contributed by atoms with Gasteiger partial charge in [-0.2, -0.15) is 0 Å². The van der Waals surface area contributed by atoms with Crippen LogP contribution in [0.15, 0.2) is 24.3 Å². The monoisotopic (exact) mass is 268 g/mol. The van der Waals surface area contributed by atoms with E-state index in [2.05, 4.69) is 11.8 Å². The third kappa shape index (κ3) is 3.23. The van der Waals surface area contributed by atoms with Crippen LogP contribution in [0.4, 0.5) is 5.69 Å². The highest BCUT2D eigenvalue weighted by Crippen LogP contribution is 2.20. The van der Waals surface area contributed by atoms with Gasteiger partial charge < -0.3 is 5.73 Å². The van der Waals surface area contributed by atoms with Gasteiger partial charge in [0.1, 0.15) is 0 Å². The van der Waals surface area contributed by atoms with Crippen molar-refractivity contribution in [2.45, 2.75) is 25.9 Å². The Bertz CT molecular complexity index is 496. The Kier molecular flexibility index (Phi) is 3.92. The van der Waals surface area contributed by atoms with Crippen molar-refractivity contribution in [3.8, 4) is 0 Å². The minimum absolute atomic E-state index is 0.164. The predicted molar refractivity (Wildman–Crippen MR) is 74.0 cm³/mol. The molecule has 2 rings (SSSR count). The summed E-state index contributed by atoms with van der Waals surface area (Å²) in [6.45, 7) is 3.73. The number of anilines is 1. The van der Waals surface area contributed by atoms with E-state index in [0.717, 1.165) is 25.2 Å². The lowest BCUT2D eigenvalue weighted by Gasteiger charge is -2.26. The molecule has 0 unspecified atom stereocenters. The van der Waals surface area contributed by atoms with E-state index in [1.165, 1.54) is 5.56 Å². The third-order valence-corrected chi connectivity index (χ3v) is 5.25. The number of nitrogen functional groups attached to an aromatic ring is 1. The topological polar surface area (TPSA) is 63.4 Å². The molecule has 0 amide bonds. The van der Waals surface area contributed by atoms with Gasteiger partial charge >= 0.3 is 0 Å². The highest BCUT2D eigenvalue weighted by molar-refractivity contribution is 7.91. The summed E-state index contributed by atoms with van der Waals surface area (Å²) in [5, 5.41) is 0. The van der Waals surface area contributed by atoms with E-state index in [0.29, 0.717) is 11.5 Å². The van der Waals surface area contributed by atoms with E-state index in [1.807, 2.05) is 24.3 Å². The van der Waals surface area contributed by atoms with Crippen LogP contribution in [-0.2, 0) is 16.4 Å². The SMILES string of the molecule is CCN(Cc1ccc(N)cc1)[C@H]1CCS(=O)(=O)C1. The van der Waals surface area contributed by atoms with E-state index in [1.54, 1.807) is 0 Å². The van der Waals surface area contributed by atoms with E-state index >= 15 is 0 Å². The standard InChI is InChI=1S/C13H20N2O2S/c1-2-15(13-7-8-18(16,17)10-13)9-11-3-5-12(14)6-4-11/h3-6,13H,2,7-10,14H2,1H3/t13-/m0/s1. The molecule has 1 fully saturated rings. The number of benzene rings is 1. The van der Waals surface area contributed by atoms with Crippen LogP contribution in [0.3, 0.4) is 0 Å². The van der Waals surface area contributed by atoms with Gasteiger partial charge in [0.25, 0.3) is 0 Å². The number of hydrogen-bond acceptors (Lipinski definition) is 4. The molecule has 5 heteroatoms. The normalized spacial score (nSPS) is 22.4. The summed E-state index contributed by atoms with van der Waals surface area (Å²) < 4.78 is 23.0. The van der Waals surface area contributed by atoms with Crippen LogP contribution in [0.2, 0.25) is 0 Å². The molecule has 4 nitrogen and oxygen atoms in total. The number of hydrogen-bond donors (Lipinski definition) is 1. The first-order chi connectivity index (χ1) is 8.50. The maximum Gasteiger partial charge on any atom is 0.151 e. The molecule has 0 spiro atoms. The van der Waals surface area contributed by atoms with Gasteiger partial charge in [-0.05, 0) is 30.7 Å². The average Bonchev–Trinajstić information content (AvgIpc) is 2.69. The maximum absolute atomic E-state index is 11.5. The van der Waals surface area contributed by atoms with E-state index in [4.69, 9.17) is 5.73 Å². The first-order valence-electron chi connectivity index (χ1n) is 6.29. The summed E-state index contributed by atoms with van der Waals surface area (Å²) in [5.41, 5.74) is 7.59. The quantitative estimate of drug-likeness (QED) is 0.836. The lowest BCUT2D eigenvalue weighted by Crippen LogP contribution is -2.35. The molecule has 1 heterocycles. The van der Waals surface area contributed by atoms with Crippen molar-refractivity contribution in [3.63, 3.8) is 0 Å². The number of nitrogens with zero attached hydrogens (tertiary/aromatic N) is 1. The van der Waals surface area contributed by atoms with Crippen molar-refractivity contribution in [2.24, 2.45) is 0 Å². The molecule has 0 saturated carbocycles. The summed E-state index contributed by atoms with van der Waals surface area (Å²) >= 11 is 0. The summed E-state index contributed by atoms with van der Waals surface area (Å²) in [6.07, 6.45) is 0.755. The Hall–Kier alpha value is -1.07. The van der Waals surface area contributed by atoms with Gasteiger partial charge in [-0.3, -0.25) is 4.90 Å². The zero-order chi connectivity index (χ0) is 13.2. The van der Waals surface area contributed by atoms with Crippen molar-refractivity contribution in [2.75, 3.05) is 23.8 Å². The van der Waals surface area contributed by atoms with Crippen LogP contribution in [-0.4, -0.2) is 37.4 Å². The molecule has 1 aliphatic rings. The largest absolute Gasteiger partial charge is 0.399 e. The zero-order valence-electron chi connectivity index (χ0n) is 10.7. The van der Waals surface area contributed by atoms with Crippen LogP contribution >= 0.6 is 0 Å². The molecule has 0 bridgehead atoms. The first kappa shape index (κ1) is 13.4. The minimum Gasteiger partial charge on any atom is -0.399 e. The molecule has 100 valence electrons. The van der Waals surface area contributed by atoms with E-state index in [-0.39, 0.29) is 6.04 Å². The van der Waals surface area contributed by atoms with E-state index in [9.17, 15) is 8.42 Å². The maximum atomic E-state index is 11.5. The third-order valence-electron chi connectivity index (χ3n) is 3.50. The fourth-order valence-electron chi connectivity index (χ4n) is 2.42. The lowest BCUT2D eigenvalue weighted by atomic mass is 10.1. The molecule has 18 heavy (non-hydrogen) atoms. The molecule has 1 aromatic carbocycles. The van der Waals surface area contributed by atoms with Gasteiger partial charge in [-0.15, -0.1) is 0 Å². The Morgan fingerprint density at radius 3 is 2.50 bits per heavy atom. The molecule has 2 N–H and O–H groups in total. The summed E-state index contributed by atoms with van der Waals surface area (Å²) in [5.74, 6) is 0.631. The van der Waals surface area contributed by atoms with Gasteiger partial charge in [-0.25, -0.2) is 8.42 Å². The second-order valence-corrected chi connectivity index (χ2v) is 7.09. The van der Waals surface area contributed by atoms with Crippen molar-refractivity contribution in [1.82, 2.24) is 4.90 Å². The van der Waals surface area contributed by atoms with Gasteiger partial charge in [0.15, 0.2) is 9.84 Å². The summed E-state index contributed by atoms with van der Waals surface area (Å²) in [6, 6.07) is 7.93. The molecule has 1 atom stereocenters. The molecular formula is C13H20N2O2S. The zero-order valence-corrected chi connectivity index (χ0v) is 11.5. The second-order valence-electron chi connectivity index (χ2n) is 4.86. The second kappa shape index (κ2) is 5.28. The van der Waals surface area contributed by atoms with Crippen molar-refractivity contribution >= 4 is 15.5 Å². The fourth-order valence-corrected chi connectivity index (χ4v) is 4.18. The van der Waals surface area contributed by atoms with Crippen LogP contribution in [0.25, 0.3) is 0 Å². The van der Waals surface area contributed by atoms with Crippen LogP contribution in [0.5, 0.6) is 0 Å².